The van der Waals surface area contributed by atoms with E-state index in [0.717, 1.165) is 22.9 Å². The van der Waals surface area contributed by atoms with E-state index in [0.29, 0.717) is 13.2 Å². The van der Waals surface area contributed by atoms with E-state index in [1.54, 1.807) is 18.0 Å². The van der Waals surface area contributed by atoms with Crippen LogP contribution in [0.25, 0.3) is 6.08 Å². The van der Waals surface area contributed by atoms with Gasteiger partial charge in [-0.25, -0.2) is 4.79 Å². The molecule has 2 unspecified atom stereocenters. The molecule has 0 bridgehead atoms. The Hall–Kier alpha value is -1.66. The molecular formula is C15H19NO4S. The number of nitrogens with zero attached hydrogens (tertiary/aromatic N) is 1. The molecule has 6 heteroatoms. The number of ether oxygens (including phenoxy) is 1. The Morgan fingerprint density at radius 3 is 2.95 bits per heavy atom. The van der Waals surface area contributed by atoms with Gasteiger partial charge in [-0.15, -0.1) is 11.3 Å². The normalized spacial score (nSPS) is 21.8. The lowest BCUT2D eigenvalue weighted by Crippen LogP contribution is -2.35. The Morgan fingerprint density at radius 2 is 2.33 bits per heavy atom. The van der Waals surface area contributed by atoms with Gasteiger partial charge < -0.3 is 14.7 Å². The fourth-order valence-corrected chi connectivity index (χ4v) is 3.21. The van der Waals surface area contributed by atoms with Gasteiger partial charge >= 0.3 is 5.97 Å². The molecule has 0 aromatic carbocycles. The van der Waals surface area contributed by atoms with Crippen molar-refractivity contribution in [2.45, 2.75) is 26.0 Å². The number of amides is 1. The SMILES string of the molecule is CC1OCCC1C(=O)N(C)Cc1csc(C=CC(=O)O)c1. The summed E-state index contributed by atoms with van der Waals surface area (Å²) >= 11 is 1.47. The molecule has 1 aliphatic rings. The van der Waals surface area contributed by atoms with Gasteiger partial charge in [0.15, 0.2) is 0 Å². The van der Waals surface area contributed by atoms with Crippen molar-refractivity contribution in [2.75, 3.05) is 13.7 Å². The summed E-state index contributed by atoms with van der Waals surface area (Å²) in [6.45, 7) is 3.11. The van der Waals surface area contributed by atoms with Crippen molar-refractivity contribution >= 4 is 29.3 Å². The van der Waals surface area contributed by atoms with Crippen molar-refractivity contribution in [3.8, 4) is 0 Å². The Bertz CT molecular complexity index is 552. The summed E-state index contributed by atoms with van der Waals surface area (Å²) in [5.74, 6) is -0.915. The number of carboxylic acids is 1. The number of hydrogen-bond acceptors (Lipinski definition) is 4. The van der Waals surface area contributed by atoms with Gasteiger partial charge in [0.1, 0.15) is 0 Å². The fraction of sp³-hybridized carbons (Fsp3) is 0.467. The first-order valence-electron chi connectivity index (χ1n) is 6.82. The molecule has 2 heterocycles. The Labute approximate surface area is 127 Å². The molecule has 1 saturated heterocycles. The first-order chi connectivity index (χ1) is 9.97. The number of carbonyl (C=O) groups excluding carboxylic acids is 1. The molecule has 5 nitrogen and oxygen atoms in total. The van der Waals surface area contributed by atoms with Crippen LogP contribution >= 0.6 is 11.3 Å². The zero-order chi connectivity index (χ0) is 15.4. The van der Waals surface area contributed by atoms with Gasteiger partial charge in [-0.2, -0.15) is 0 Å². The van der Waals surface area contributed by atoms with Crippen LogP contribution in [0.3, 0.4) is 0 Å². The molecule has 114 valence electrons. The maximum Gasteiger partial charge on any atom is 0.328 e. The number of hydrogen-bond donors (Lipinski definition) is 1. The van der Waals surface area contributed by atoms with Crippen LogP contribution < -0.4 is 0 Å². The maximum atomic E-state index is 12.3. The highest BCUT2D eigenvalue weighted by molar-refractivity contribution is 7.11. The standard InChI is InChI=1S/C15H19NO4S/c1-10-13(5-6-20-10)15(19)16(2)8-11-7-12(21-9-11)3-4-14(17)18/h3-4,7,9-10,13H,5-6,8H2,1-2H3,(H,17,18). The molecule has 1 aliphatic heterocycles. The third-order valence-corrected chi connectivity index (χ3v) is 4.50. The highest BCUT2D eigenvalue weighted by Crippen LogP contribution is 2.24. The molecule has 1 aromatic heterocycles. The molecule has 1 aromatic rings. The predicted molar refractivity (Wildman–Crippen MR) is 81.0 cm³/mol. The summed E-state index contributed by atoms with van der Waals surface area (Å²) in [5.41, 5.74) is 1.01. The third-order valence-electron chi connectivity index (χ3n) is 3.55. The molecule has 2 atom stereocenters. The second-order valence-electron chi connectivity index (χ2n) is 5.19. The Balaban J connectivity index is 1.94. The predicted octanol–water partition coefficient (Wildman–Crippen LogP) is 2.23. The Morgan fingerprint density at radius 1 is 1.57 bits per heavy atom. The van der Waals surface area contributed by atoms with E-state index >= 15 is 0 Å². The monoisotopic (exact) mass is 309 g/mol. The number of rotatable bonds is 5. The van der Waals surface area contributed by atoms with Gasteiger partial charge in [-0.3, -0.25) is 4.79 Å². The largest absolute Gasteiger partial charge is 0.478 e. The molecule has 0 spiro atoms. The van der Waals surface area contributed by atoms with E-state index in [9.17, 15) is 9.59 Å². The molecule has 1 N–H and O–H groups in total. The lowest BCUT2D eigenvalue weighted by molar-refractivity contribution is -0.136. The minimum atomic E-state index is -0.965. The Kier molecular flexibility index (Phi) is 5.14. The van der Waals surface area contributed by atoms with Gasteiger partial charge in [0, 0.05) is 31.2 Å². The highest BCUT2D eigenvalue weighted by atomic mass is 32.1. The van der Waals surface area contributed by atoms with Crippen LogP contribution in [0.15, 0.2) is 17.5 Å². The molecule has 2 rings (SSSR count). The van der Waals surface area contributed by atoms with Gasteiger partial charge in [0.05, 0.1) is 12.0 Å². The molecule has 21 heavy (non-hydrogen) atoms. The molecular weight excluding hydrogens is 290 g/mol. The minimum Gasteiger partial charge on any atom is -0.478 e. The van der Waals surface area contributed by atoms with Crippen LogP contribution in [0.5, 0.6) is 0 Å². The number of carbonyl (C=O) groups is 2. The van der Waals surface area contributed by atoms with Crippen LogP contribution in [-0.2, 0) is 20.9 Å². The van der Waals surface area contributed by atoms with E-state index in [-0.39, 0.29) is 17.9 Å². The molecule has 0 radical (unpaired) electrons. The second kappa shape index (κ2) is 6.87. The summed E-state index contributed by atoms with van der Waals surface area (Å²) < 4.78 is 5.44. The average molecular weight is 309 g/mol. The van der Waals surface area contributed by atoms with Crippen LogP contribution in [0.2, 0.25) is 0 Å². The summed E-state index contributed by atoms with van der Waals surface area (Å²) in [6.07, 6.45) is 3.44. The minimum absolute atomic E-state index is 0.0171. The van der Waals surface area contributed by atoms with E-state index in [1.807, 2.05) is 18.4 Å². The molecule has 0 saturated carbocycles. The molecule has 0 aliphatic carbocycles. The topological polar surface area (TPSA) is 66.8 Å². The zero-order valence-electron chi connectivity index (χ0n) is 12.1. The first kappa shape index (κ1) is 15.7. The average Bonchev–Trinajstić information content (AvgIpc) is 3.04. The molecule has 1 fully saturated rings. The van der Waals surface area contributed by atoms with Gasteiger partial charge in [-0.1, -0.05) is 0 Å². The fourth-order valence-electron chi connectivity index (χ4n) is 2.41. The van der Waals surface area contributed by atoms with Crippen LogP contribution in [-0.4, -0.2) is 41.6 Å². The number of aliphatic carboxylic acids is 1. The van der Waals surface area contributed by atoms with Crippen LogP contribution in [0.1, 0.15) is 23.8 Å². The van der Waals surface area contributed by atoms with Gasteiger partial charge in [0.2, 0.25) is 5.91 Å². The first-order valence-corrected chi connectivity index (χ1v) is 7.70. The summed E-state index contributed by atoms with van der Waals surface area (Å²) in [4.78, 5) is 25.4. The van der Waals surface area contributed by atoms with Gasteiger partial charge in [-0.05, 0) is 36.4 Å². The summed E-state index contributed by atoms with van der Waals surface area (Å²) in [7, 11) is 1.79. The van der Waals surface area contributed by atoms with Crippen molar-refractivity contribution in [3.05, 3.63) is 28.0 Å². The number of thiophene rings is 1. The zero-order valence-corrected chi connectivity index (χ0v) is 12.9. The van der Waals surface area contributed by atoms with Gasteiger partial charge in [0.25, 0.3) is 0 Å². The lowest BCUT2D eigenvalue weighted by atomic mass is 10.0. The van der Waals surface area contributed by atoms with Crippen molar-refractivity contribution in [3.63, 3.8) is 0 Å². The summed E-state index contributed by atoms with van der Waals surface area (Å²) in [5, 5.41) is 10.5. The van der Waals surface area contributed by atoms with Crippen molar-refractivity contribution in [2.24, 2.45) is 5.92 Å². The third kappa shape index (κ3) is 4.15. The van der Waals surface area contributed by atoms with E-state index in [1.165, 1.54) is 11.3 Å². The smallest absolute Gasteiger partial charge is 0.328 e. The van der Waals surface area contributed by atoms with Crippen LogP contribution in [0.4, 0.5) is 0 Å². The van der Waals surface area contributed by atoms with Crippen molar-refractivity contribution in [1.82, 2.24) is 4.90 Å². The lowest BCUT2D eigenvalue weighted by Gasteiger charge is -2.22. The quantitative estimate of drug-likeness (QED) is 0.847. The van der Waals surface area contributed by atoms with E-state index in [4.69, 9.17) is 9.84 Å². The second-order valence-corrected chi connectivity index (χ2v) is 6.14. The van der Waals surface area contributed by atoms with E-state index < -0.39 is 5.97 Å². The van der Waals surface area contributed by atoms with Crippen molar-refractivity contribution in [1.29, 1.82) is 0 Å². The van der Waals surface area contributed by atoms with Crippen LogP contribution in [0, 0.1) is 5.92 Å². The maximum absolute atomic E-state index is 12.3. The highest BCUT2D eigenvalue weighted by Gasteiger charge is 2.32. The van der Waals surface area contributed by atoms with Crippen molar-refractivity contribution < 1.29 is 19.4 Å². The summed E-state index contributed by atoms with van der Waals surface area (Å²) in [6, 6.07) is 1.91. The number of carboxylic acid groups (broad SMARTS) is 1. The van der Waals surface area contributed by atoms with E-state index in [2.05, 4.69) is 0 Å². The molecule has 1 amide bonds.